The fraction of sp³-hybridized carbons (Fsp3) is 0.375. The minimum absolute atomic E-state index is 0.120. The Morgan fingerprint density at radius 1 is 1.33 bits per heavy atom. The first-order chi connectivity index (χ1) is 10.3. The number of nitrogens with zero attached hydrogens (tertiary/aromatic N) is 1. The highest BCUT2D eigenvalue weighted by atomic mass is 35.5. The molecule has 0 spiro atoms. The molecule has 1 aliphatic heterocycles. The molecule has 1 N–H and O–H groups in total. The van der Waals surface area contributed by atoms with E-state index in [2.05, 4.69) is 10.3 Å². The number of halogens is 1. The molecule has 1 unspecified atom stereocenters. The molecule has 3 rings (SSSR count). The van der Waals surface area contributed by atoms with Crippen LogP contribution in [0.1, 0.15) is 29.6 Å². The highest BCUT2D eigenvalue weighted by Crippen LogP contribution is 2.24. The predicted molar refractivity (Wildman–Crippen MR) is 82.7 cm³/mol. The Balaban J connectivity index is 1.77. The second kappa shape index (κ2) is 6.41. The standard InChI is InChI=1S/C16H17ClN2O2/c17-15-13-7-2-1-6-12(13)14(10-18-15)16(20)19-9-11-5-3-4-8-21-11/h1-2,6-7,10-11H,3-5,8-9H2,(H,19,20). The lowest BCUT2D eigenvalue weighted by atomic mass is 10.1. The quantitative estimate of drug-likeness (QED) is 0.886. The number of hydrogen-bond acceptors (Lipinski definition) is 3. The van der Waals surface area contributed by atoms with Gasteiger partial charge in [-0.3, -0.25) is 4.79 Å². The number of amides is 1. The van der Waals surface area contributed by atoms with Gasteiger partial charge in [-0.25, -0.2) is 4.98 Å². The minimum atomic E-state index is -0.135. The number of pyridine rings is 1. The van der Waals surface area contributed by atoms with E-state index >= 15 is 0 Å². The van der Waals surface area contributed by atoms with Crippen molar-refractivity contribution >= 4 is 28.3 Å². The number of ether oxygens (including phenoxy) is 1. The summed E-state index contributed by atoms with van der Waals surface area (Å²) in [7, 11) is 0. The molecule has 110 valence electrons. The van der Waals surface area contributed by atoms with Crippen LogP contribution in [0.3, 0.4) is 0 Å². The molecule has 1 aromatic carbocycles. The summed E-state index contributed by atoms with van der Waals surface area (Å²) >= 11 is 6.07. The molecule has 2 aromatic rings. The highest BCUT2D eigenvalue weighted by Gasteiger charge is 2.17. The molecule has 4 nitrogen and oxygen atoms in total. The molecule has 0 aliphatic carbocycles. The van der Waals surface area contributed by atoms with Crippen LogP contribution in [0, 0.1) is 0 Å². The Hall–Kier alpha value is -1.65. The third-order valence-corrected chi connectivity index (χ3v) is 4.06. The third kappa shape index (κ3) is 3.17. The third-order valence-electron chi connectivity index (χ3n) is 3.76. The van der Waals surface area contributed by atoms with E-state index in [1.807, 2.05) is 24.3 Å². The lowest BCUT2D eigenvalue weighted by Crippen LogP contribution is -2.35. The second-order valence-corrected chi connectivity index (χ2v) is 5.56. The van der Waals surface area contributed by atoms with Crippen molar-refractivity contribution in [3.63, 3.8) is 0 Å². The van der Waals surface area contributed by atoms with Crippen LogP contribution in [0.5, 0.6) is 0 Å². The first kappa shape index (κ1) is 14.3. The van der Waals surface area contributed by atoms with Gasteiger partial charge in [0.2, 0.25) is 0 Å². The minimum Gasteiger partial charge on any atom is -0.376 e. The molecule has 1 saturated heterocycles. The Bertz CT molecular complexity index is 654. The van der Waals surface area contributed by atoms with Crippen LogP contribution in [-0.4, -0.2) is 30.1 Å². The topological polar surface area (TPSA) is 51.2 Å². The highest BCUT2D eigenvalue weighted by molar-refractivity contribution is 6.34. The summed E-state index contributed by atoms with van der Waals surface area (Å²) in [6.07, 6.45) is 4.92. The molecule has 1 aromatic heterocycles. The molecule has 21 heavy (non-hydrogen) atoms. The Morgan fingerprint density at radius 3 is 2.90 bits per heavy atom. The maximum atomic E-state index is 12.4. The van der Waals surface area contributed by atoms with E-state index in [1.54, 1.807) is 0 Å². The van der Waals surface area contributed by atoms with Gasteiger partial charge >= 0.3 is 0 Å². The number of hydrogen-bond donors (Lipinski definition) is 1. The zero-order valence-electron chi connectivity index (χ0n) is 11.6. The van der Waals surface area contributed by atoms with E-state index in [0.717, 1.165) is 36.6 Å². The maximum Gasteiger partial charge on any atom is 0.253 e. The summed E-state index contributed by atoms with van der Waals surface area (Å²) in [4.78, 5) is 16.5. The lowest BCUT2D eigenvalue weighted by Gasteiger charge is -2.22. The summed E-state index contributed by atoms with van der Waals surface area (Å²) < 4.78 is 5.62. The Labute approximate surface area is 128 Å². The van der Waals surface area contributed by atoms with Gasteiger partial charge < -0.3 is 10.1 Å². The van der Waals surface area contributed by atoms with Gasteiger partial charge in [0.05, 0.1) is 11.7 Å². The van der Waals surface area contributed by atoms with Crippen LogP contribution in [0.25, 0.3) is 10.8 Å². The summed E-state index contributed by atoms with van der Waals surface area (Å²) in [5.41, 5.74) is 0.547. The van der Waals surface area contributed by atoms with Gasteiger partial charge in [-0.2, -0.15) is 0 Å². The molecule has 0 saturated carbocycles. The lowest BCUT2D eigenvalue weighted by molar-refractivity contribution is 0.0169. The molecule has 1 fully saturated rings. The Morgan fingerprint density at radius 2 is 2.14 bits per heavy atom. The number of aromatic nitrogens is 1. The van der Waals surface area contributed by atoms with Crippen molar-refractivity contribution in [1.82, 2.24) is 10.3 Å². The zero-order valence-corrected chi connectivity index (χ0v) is 12.4. The van der Waals surface area contributed by atoms with Gasteiger partial charge in [0, 0.05) is 24.7 Å². The van der Waals surface area contributed by atoms with Crippen molar-refractivity contribution in [1.29, 1.82) is 0 Å². The predicted octanol–water partition coefficient (Wildman–Crippen LogP) is 3.19. The zero-order chi connectivity index (χ0) is 14.7. The average molecular weight is 305 g/mol. The number of rotatable bonds is 3. The van der Waals surface area contributed by atoms with Gasteiger partial charge in [-0.1, -0.05) is 35.9 Å². The van der Waals surface area contributed by atoms with Gasteiger partial charge in [0.15, 0.2) is 0 Å². The van der Waals surface area contributed by atoms with Gasteiger partial charge in [-0.15, -0.1) is 0 Å². The first-order valence-corrected chi connectivity index (χ1v) is 7.56. The van der Waals surface area contributed by atoms with E-state index < -0.39 is 0 Å². The van der Waals surface area contributed by atoms with Crippen molar-refractivity contribution in [2.24, 2.45) is 0 Å². The summed E-state index contributed by atoms with van der Waals surface area (Å²) in [5, 5.41) is 4.96. The van der Waals surface area contributed by atoms with Crippen LogP contribution in [0.15, 0.2) is 30.5 Å². The van der Waals surface area contributed by atoms with E-state index in [4.69, 9.17) is 16.3 Å². The second-order valence-electron chi connectivity index (χ2n) is 5.21. The maximum absolute atomic E-state index is 12.4. The number of carbonyl (C=O) groups is 1. The van der Waals surface area contributed by atoms with E-state index in [-0.39, 0.29) is 12.0 Å². The van der Waals surface area contributed by atoms with Crippen LogP contribution < -0.4 is 5.32 Å². The first-order valence-electron chi connectivity index (χ1n) is 7.19. The average Bonchev–Trinajstić information content (AvgIpc) is 2.54. The van der Waals surface area contributed by atoms with Gasteiger partial charge in [-0.05, 0) is 24.6 Å². The van der Waals surface area contributed by atoms with Crippen LogP contribution >= 0.6 is 11.6 Å². The number of carbonyl (C=O) groups excluding carboxylic acids is 1. The summed E-state index contributed by atoms with van der Waals surface area (Å²) in [6.45, 7) is 1.32. The van der Waals surface area contributed by atoms with Crippen molar-refractivity contribution < 1.29 is 9.53 Å². The van der Waals surface area contributed by atoms with Crippen LogP contribution in [0.2, 0.25) is 5.15 Å². The Kier molecular flexibility index (Phi) is 4.36. The van der Waals surface area contributed by atoms with E-state index in [9.17, 15) is 4.79 Å². The van der Waals surface area contributed by atoms with Crippen molar-refractivity contribution in [3.05, 3.63) is 41.2 Å². The molecule has 0 bridgehead atoms. The van der Waals surface area contributed by atoms with Gasteiger partial charge in [0.25, 0.3) is 5.91 Å². The molecule has 5 heteroatoms. The smallest absolute Gasteiger partial charge is 0.253 e. The van der Waals surface area contributed by atoms with E-state index in [0.29, 0.717) is 17.3 Å². The normalized spacial score (nSPS) is 18.6. The molecular weight excluding hydrogens is 288 g/mol. The molecule has 0 radical (unpaired) electrons. The molecule has 1 atom stereocenters. The largest absolute Gasteiger partial charge is 0.376 e. The molecule has 2 heterocycles. The van der Waals surface area contributed by atoms with Crippen molar-refractivity contribution in [3.8, 4) is 0 Å². The molecule has 1 amide bonds. The fourth-order valence-corrected chi connectivity index (χ4v) is 2.82. The summed E-state index contributed by atoms with van der Waals surface area (Å²) in [6, 6.07) is 7.52. The SMILES string of the molecule is O=C(NCC1CCCCO1)c1cnc(Cl)c2ccccc12. The van der Waals surface area contributed by atoms with Gasteiger partial charge in [0.1, 0.15) is 5.15 Å². The number of nitrogens with one attached hydrogen (secondary N) is 1. The molecule has 1 aliphatic rings. The van der Waals surface area contributed by atoms with Crippen molar-refractivity contribution in [2.45, 2.75) is 25.4 Å². The number of fused-ring (bicyclic) bond motifs is 1. The van der Waals surface area contributed by atoms with Crippen LogP contribution in [-0.2, 0) is 4.74 Å². The fourth-order valence-electron chi connectivity index (χ4n) is 2.61. The van der Waals surface area contributed by atoms with E-state index in [1.165, 1.54) is 6.20 Å². The number of benzene rings is 1. The van der Waals surface area contributed by atoms with Crippen LogP contribution in [0.4, 0.5) is 0 Å². The monoisotopic (exact) mass is 304 g/mol. The molecular formula is C16H17ClN2O2. The summed E-state index contributed by atoms with van der Waals surface area (Å²) in [5.74, 6) is -0.135. The van der Waals surface area contributed by atoms with Crippen molar-refractivity contribution in [2.75, 3.05) is 13.2 Å².